The lowest BCUT2D eigenvalue weighted by atomic mass is 9.73. The van der Waals surface area contributed by atoms with Gasteiger partial charge in [0.15, 0.2) is 0 Å². The van der Waals surface area contributed by atoms with E-state index in [9.17, 15) is 4.79 Å². The average Bonchev–Trinajstić information content (AvgIpc) is 3.13. The predicted molar refractivity (Wildman–Crippen MR) is 96.0 cm³/mol. The van der Waals surface area contributed by atoms with Gasteiger partial charge in [0.05, 0.1) is 3.57 Å². The van der Waals surface area contributed by atoms with Gasteiger partial charge in [-0.3, -0.25) is 4.79 Å². The van der Waals surface area contributed by atoms with Gasteiger partial charge < -0.3 is 9.47 Å². The fourth-order valence-corrected chi connectivity index (χ4v) is 4.93. The largest absolute Gasteiger partial charge is 0.485 e. The number of ether oxygens (including phenoxy) is 2. The molecule has 23 heavy (non-hydrogen) atoms. The Morgan fingerprint density at radius 1 is 1.04 bits per heavy atom. The van der Waals surface area contributed by atoms with Gasteiger partial charge in [-0.25, -0.2) is 0 Å². The highest BCUT2D eigenvalue weighted by Crippen LogP contribution is 2.54. The van der Waals surface area contributed by atoms with Crippen molar-refractivity contribution in [3.8, 4) is 5.75 Å². The van der Waals surface area contributed by atoms with E-state index in [-0.39, 0.29) is 18.2 Å². The van der Waals surface area contributed by atoms with Gasteiger partial charge in [0.2, 0.25) is 0 Å². The van der Waals surface area contributed by atoms with Crippen LogP contribution in [0.25, 0.3) is 0 Å². The summed E-state index contributed by atoms with van der Waals surface area (Å²) in [5.74, 6) is 2.47. The Morgan fingerprint density at radius 2 is 1.70 bits per heavy atom. The minimum absolute atomic E-state index is 0.0441. The van der Waals surface area contributed by atoms with Crippen LogP contribution in [0.15, 0.2) is 48.6 Å². The van der Waals surface area contributed by atoms with Crippen LogP contribution in [0, 0.1) is 27.2 Å². The van der Waals surface area contributed by atoms with Crippen LogP contribution in [0.1, 0.15) is 13.3 Å². The van der Waals surface area contributed by atoms with Crippen molar-refractivity contribution < 1.29 is 14.3 Å². The second kappa shape index (κ2) is 5.96. The Labute approximate surface area is 149 Å². The van der Waals surface area contributed by atoms with E-state index >= 15 is 0 Å². The molecule has 3 nitrogen and oxygen atoms in total. The van der Waals surface area contributed by atoms with Crippen LogP contribution in [0.3, 0.4) is 0 Å². The van der Waals surface area contributed by atoms with Gasteiger partial charge in [-0.1, -0.05) is 24.3 Å². The van der Waals surface area contributed by atoms with Crippen LogP contribution in [0.5, 0.6) is 5.75 Å². The average molecular weight is 422 g/mol. The molecule has 2 bridgehead atoms. The van der Waals surface area contributed by atoms with Gasteiger partial charge in [-0.05, 0) is 65.1 Å². The smallest absolute Gasteiger partial charge is 0.303 e. The van der Waals surface area contributed by atoms with Gasteiger partial charge in [-0.2, -0.15) is 0 Å². The first kappa shape index (κ1) is 15.2. The highest BCUT2D eigenvalue weighted by molar-refractivity contribution is 14.1. The first-order valence-electron chi connectivity index (χ1n) is 8.08. The maximum absolute atomic E-state index is 11.4. The summed E-state index contributed by atoms with van der Waals surface area (Å²) in [6.07, 6.45) is 9.81. The van der Waals surface area contributed by atoms with Crippen LogP contribution in [-0.4, -0.2) is 18.2 Å². The topological polar surface area (TPSA) is 35.5 Å². The molecule has 0 aliphatic heterocycles. The number of carbonyl (C=O) groups excluding carboxylic acids is 1. The summed E-state index contributed by atoms with van der Waals surface area (Å²) in [5, 5.41) is 0. The number of para-hydroxylation sites is 1. The highest BCUT2D eigenvalue weighted by atomic mass is 127. The fraction of sp³-hybridized carbons (Fsp3) is 0.421. The zero-order valence-electron chi connectivity index (χ0n) is 12.9. The molecule has 0 heterocycles. The second-order valence-corrected chi connectivity index (χ2v) is 7.74. The van der Waals surface area contributed by atoms with Crippen molar-refractivity contribution in [2.24, 2.45) is 23.7 Å². The van der Waals surface area contributed by atoms with Crippen molar-refractivity contribution >= 4 is 28.6 Å². The van der Waals surface area contributed by atoms with Crippen LogP contribution in [0.2, 0.25) is 0 Å². The van der Waals surface area contributed by atoms with Crippen LogP contribution < -0.4 is 4.74 Å². The molecule has 1 saturated carbocycles. The Balaban J connectivity index is 1.62. The van der Waals surface area contributed by atoms with E-state index in [0.717, 1.165) is 15.7 Å². The molecule has 0 spiro atoms. The standard InChI is InChI=1S/C19H19IO3/c1-11(21)22-16-8-9-17(23-15-5-3-2-4-14(15)20)19-13-7-6-12(10-13)18(16)19/h2-9,12-13,16-19H,10H2,1H3/t12-,13+,16+,17+,18?,19?/m1/s1. The van der Waals surface area contributed by atoms with E-state index < -0.39 is 0 Å². The molecule has 1 aromatic carbocycles. The fourth-order valence-electron chi connectivity index (χ4n) is 4.41. The Morgan fingerprint density at radius 3 is 2.39 bits per heavy atom. The maximum atomic E-state index is 11.4. The van der Waals surface area contributed by atoms with E-state index in [4.69, 9.17) is 9.47 Å². The number of hydrogen-bond acceptors (Lipinski definition) is 3. The zero-order chi connectivity index (χ0) is 16.0. The Bertz CT molecular complexity index is 681. The quantitative estimate of drug-likeness (QED) is 0.420. The first-order valence-corrected chi connectivity index (χ1v) is 9.16. The third kappa shape index (κ3) is 2.71. The Kier molecular flexibility index (Phi) is 3.95. The second-order valence-electron chi connectivity index (χ2n) is 6.57. The molecule has 3 aliphatic carbocycles. The van der Waals surface area contributed by atoms with Crippen LogP contribution >= 0.6 is 22.6 Å². The van der Waals surface area contributed by atoms with Crippen molar-refractivity contribution in [3.05, 3.63) is 52.1 Å². The van der Waals surface area contributed by atoms with Crippen molar-refractivity contribution in [2.45, 2.75) is 25.6 Å². The number of fused-ring (bicyclic) bond motifs is 5. The Hall–Kier alpha value is -1.30. The lowest BCUT2D eigenvalue weighted by Crippen LogP contribution is -2.44. The summed E-state index contributed by atoms with van der Waals surface area (Å²) < 4.78 is 13.0. The molecular weight excluding hydrogens is 403 g/mol. The molecule has 0 amide bonds. The van der Waals surface area contributed by atoms with E-state index in [1.54, 1.807) is 0 Å². The van der Waals surface area contributed by atoms with Crippen molar-refractivity contribution in [1.29, 1.82) is 0 Å². The number of allylic oxidation sites excluding steroid dienone is 2. The number of esters is 1. The van der Waals surface area contributed by atoms with Gasteiger partial charge in [0, 0.05) is 18.8 Å². The molecule has 0 aromatic heterocycles. The summed E-state index contributed by atoms with van der Waals surface area (Å²) in [6, 6.07) is 8.10. The third-order valence-electron chi connectivity index (χ3n) is 5.23. The molecule has 1 fully saturated rings. The molecular formula is C19H19IO3. The zero-order valence-corrected chi connectivity index (χ0v) is 15.1. The number of hydrogen-bond donors (Lipinski definition) is 0. The van der Waals surface area contributed by atoms with Gasteiger partial charge >= 0.3 is 5.97 Å². The van der Waals surface area contributed by atoms with Crippen molar-refractivity contribution in [1.82, 2.24) is 0 Å². The molecule has 4 rings (SSSR count). The maximum Gasteiger partial charge on any atom is 0.303 e. The molecule has 0 N–H and O–H groups in total. The van der Waals surface area contributed by atoms with Crippen molar-refractivity contribution in [2.75, 3.05) is 0 Å². The summed E-state index contributed by atoms with van der Waals surface area (Å²) in [6.45, 7) is 1.49. The summed E-state index contributed by atoms with van der Waals surface area (Å²) in [5.41, 5.74) is 0. The summed E-state index contributed by atoms with van der Waals surface area (Å²) in [4.78, 5) is 11.4. The number of rotatable bonds is 3. The lowest BCUT2D eigenvalue weighted by Gasteiger charge is -2.39. The van der Waals surface area contributed by atoms with Crippen molar-refractivity contribution in [3.63, 3.8) is 0 Å². The number of halogens is 1. The predicted octanol–water partition coefficient (Wildman–Crippen LogP) is 3.98. The lowest BCUT2D eigenvalue weighted by molar-refractivity contribution is -0.148. The van der Waals surface area contributed by atoms with E-state index in [1.165, 1.54) is 6.92 Å². The molecule has 1 aromatic rings. The van der Waals surface area contributed by atoms with E-state index in [0.29, 0.717) is 23.7 Å². The highest BCUT2D eigenvalue weighted by Gasteiger charge is 2.53. The van der Waals surface area contributed by atoms with Crippen LogP contribution in [0.4, 0.5) is 0 Å². The SMILES string of the molecule is CC(=O)O[C@H]1C=C[C@H](Oc2ccccc2I)C2C1[C@@H]1C=C[C@H]2C1. The normalized spacial score (nSPS) is 36.8. The molecule has 6 atom stereocenters. The molecule has 2 unspecified atom stereocenters. The molecule has 120 valence electrons. The summed E-state index contributed by atoms with van der Waals surface area (Å²) >= 11 is 2.31. The third-order valence-corrected chi connectivity index (χ3v) is 6.13. The number of carbonyl (C=O) groups is 1. The monoisotopic (exact) mass is 422 g/mol. The van der Waals surface area contributed by atoms with E-state index in [2.05, 4.69) is 46.9 Å². The first-order chi connectivity index (χ1) is 11.1. The van der Waals surface area contributed by atoms with E-state index in [1.807, 2.05) is 24.3 Å². The molecule has 0 saturated heterocycles. The minimum Gasteiger partial charge on any atom is -0.485 e. The summed E-state index contributed by atoms with van der Waals surface area (Å²) in [7, 11) is 0. The molecule has 0 radical (unpaired) electrons. The van der Waals surface area contributed by atoms with Gasteiger partial charge in [-0.15, -0.1) is 0 Å². The van der Waals surface area contributed by atoms with Crippen LogP contribution in [-0.2, 0) is 9.53 Å². The number of benzene rings is 1. The molecule has 3 aliphatic rings. The molecule has 4 heteroatoms. The van der Waals surface area contributed by atoms with Gasteiger partial charge in [0.1, 0.15) is 18.0 Å². The van der Waals surface area contributed by atoms with Gasteiger partial charge in [0.25, 0.3) is 0 Å². The minimum atomic E-state index is -0.206.